The van der Waals surface area contributed by atoms with Crippen molar-refractivity contribution in [1.29, 1.82) is 0 Å². The first kappa shape index (κ1) is 23.3. The molecule has 9 heteroatoms. The van der Waals surface area contributed by atoms with Crippen molar-refractivity contribution < 1.29 is 9.18 Å². The number of amides is 1. The van der Waals surface area contributed by atoms with Gasteiger partial charge in [-0.2, -0.15) is 0 Å². The van der Waals surface area contributed by atoms with Gasteiger partial charge in [-0.15, -0.1) is 24.0 Å². The van der Waals surface area contributed by atoms with Gasteiger partial charge in [-0.3, -0.25) is 9.69 Å². The van der Waals surface area contributed by atoms with E-state index in [-0.39, 0.29) is 42.2 Å². The normalized spacial score (nSPS) is 17.8. The van der Waals surface area contributed by atoms with E-state index in [1.807, 2.05) is 13.0 Å². The molecule has 0 radical (unpaired) electrons. The second-order valence-corrected chi connectivity index (χ2v) is 7.88. The molecule has 0 unspecified atom stereocenters. The Morgan fingerprint density at radius 1 is 1.29 bits per heavy atom. The number of hydrogen-bond acceptors (Lipinski definition) is 3. The average Bonchev–Trinajstić information content (AvgIpc) is 3.46. The van der Waals surface area contributed by atoms with Crippen molar-refractivity contribution in [3.05, 3.63) is 34.1 Å². The first-order chi connectivity index (χ1) is 13.0. The number of halogens is 3. The van der Waals surface area contributed by atoms with E-state index in [0.717, 1.165) is 63.6 Å². The SMILES string of the molecule is CCNC(=NCC(=O)NC1CC1)N1CCN(Cc2ccc(Br)c(F)c2)CC1.I. The van der Waals surface area contributed by atoms with Crippen LogP contribution in [0.3, 0.4) is 0 Å². The number of guanidine groups is 1. The molecule has 3 rings (SSSR count). The highest BCUT2D eigenvalue weighted by Crippen LogP contribution is 2.19. The molecule has 2 fully saturated rings. The monoisotopic (exact) mass is 567 g/mol. The van der Waals surface area contributed by atoms with Crippen LogP contribution in [-0.4, -0.2) is 67.0 Å². The maximum Gasteiger partial charge on any atom is 0.242 e. The Morgan fingerprint density at radius 2 is 2.00 bits per heavy atom. The van der Waals surface area contributed by atoms with Crippen molar-refractivity contribution >= 4 is 51.8 Å². The number of benzene rings is 1. The molecule has 2 aliphatic rings. The van der Waals surface area contributed by atoms with Crippen LogP contribution in [-0.2, 0) is 11.3 Å². The van der Waals surface area contributed by atoms with Crippen LogP contribution in [0.2, 0.25) is 0 Å². The van der Waals surface area contributed by atoms with Gasteiger partial charge in [0, 0.05) is 45.3 Å². The lowest BCUT2D eigenvalue weighted by Gasteiger charge is -2.36. The van der Waals surface area contributed by atoms with Gasteiger partial charge in [0.15, 0.2) is 5.96 Å². The quantitative estimate of drug-likeness (QED) is 0.315. The van der Waals surface area contributed by atoms with E-state index in [1.165, 1.54) is 0 Å². The molecule has 0 bridgehead atoms. The minimum absolute atomic E-state index is 0. The molecular weight excluding hydrogens is 540 g/mol. The summed E-state index contributed by atoms with van der Waals surface area (Å²) >= 11 is 3.19. The van der Waals surface area contributed by atoms with E-state index in [0.29, 0.717) is 10.5 Å². The molecule has 1 aliphatic carbocycles. The molecular formula is C19H28BrFIN5O. The lowest BCUT2D eigenvalue weighted by Crippen LogP contribution is -2.52. The van der Waals surface area contributed by atoms with Gasteiger partial charge >= 0.3 is 0 Å². The largest absolute Gasteiger partial charge is 0.357 e. The van der Waals surface area contributed by atoms with Gasteiger partial charge < -0.3 is 15.5 Å². The number of aliphatic imine (C=N–C) groups is 1. The summed E-state index contributed by atoms with van der Waals surface area (Å²) in [7, 11) is 0. The second-order valence-electron chi connectivity index (χ2n) is 7.02. The smallest absolute Gasteiger partial charge is 0.242 e. The first-order valence-electron chi connectivity index (χ1n) is 9.54. The highest BCUT2D eigenvalue weighted by molar-refractivity contribution is 14.0. The Hall–Kier alpha value is -0.940. The van der Waals surface area contributed by atoms with Crippen molar-refractivity contribution in [3.8, 4) is 0 Å². The fraction of sp³-hybridized carbons (Fsp3) is 0.579. The van der Waals surface area contributed by atoms with Crippen LogP contribution >= 0.6 is 39.9 Å². The molecule has 1 amide bonds. The summed E-state index contributed by atoms with van der Waals surface area (Å²) in [6.07, 6.45) is 2.17. The van der Waals surface area contributed by atoms with Crippen LogP contribution in [0, 0.1) is 5.82 Å². The van der Waals surface area contributed by atoms with Crippen LogP contribution in [0.1, 0.15) is 25.3 Å². The highest BCUT2D eigenvalue weighted by Gasteiger charge is 2.24. The van der Waals surface area contributed by atoms with E-state index < -0.39 is 0 Å². The first-order valence-corrected chi connectivity index (χ1v) is 10.3. The van der Waals surface area contributed by atoms with Crippen molar-refractivity contribution in [1.82, 2.24) is 20.4 Å². The van der Waals surface area contributed by atoms with Gasteiger partial charge in [-0.05, 0) is 53.4 Å². The van der Waals surface area contributed by atoms with Crippen molar-refractivity contribution in [3.63, 3.8) is 0 Å². The molecule has 1 aromatic carbocycles. The Bertz CT molecular complexity index is 693. The standard InChI is InChI=1S/C19H27BrFN5O.HI/c1-2-22-19(23-12-18(27)24-15-4-5-15)26-9-7-25(8-10-26)13-14-3-6-16(20)17(21)11-14;/h3,6,11,15H,2,4-5,7-10,12-13H2,1H3,(H,22,23)(H,24,27);1H. The number of hydrogen-bond donors (Lipinski definition) is 2. The second kappa shape index (κ2) is 11.3. The van der Waals surface area contributed by atoms with Gasteiger partial charge in [0.05, 0.1) is 4.47 Å². The lowest BCUT2D eigenvalue weighted by atomic mass is 10.2. The number of nitrogens with zero attached hydrogens (tertiary/aromatic N) is 3. The summed E-state index contributed by atoms with van der Waals surface area (Å²) in [4.78, 5) is 20.9. The van der Waals surface area contributed by atoms with E-state index in [2.05, 4.69) is 41.4 Å². The van der Waals surface area contributed by atoms with Crippen LogP contribution in [0.25, 0.3) is 0 Å². The molecule has 1 saturated heterocycles. The van der Waals surface area contributed by atoms with Gasteiger partial charge in [0.2, 0.25) is 5.91 Å². The zero-order valence-corrected chi connectivity index (χ0v) is 20.0. The van der Waals surface area contributed by atoms with Gasteiger partial charge in [-0.25, -0.2) is 9.38 Å². The Balaban J connectivity index is 0.00000280. The summed E-state index contributed by atoms with van der Waals surface area (Å²) in [6, 6.07) is 5.65. The molecule has 28 heavy (non-hydrogen) atoms. The van der Waals surface area contributed by atoms with Crippen molar-refractivity contribution in [2.45, 2.75) is 32.4 Å². The number of rotatable bonds is 6. The predicted octanol–water partition coefficient (Wildman–Crippen LogP) is 2.57. The molecule has 1 saturated carbocycles. The molecule has 156 valence electrons. The van der Waals surface area contributed by atoms with E-state index >= 15 is 0 Å². The predicted molar refractivity (Wildman–Crippen MR) is 124 cm³/mol. The minimum Gasteiger partial charge on any atom is -0.357 e. The van der Waals surface area contributed by atoms with Crippen molar-refractivity contribution in [2.24, 2.45) is 4.99 Å². The maximum absolute atomic E-state index is 13.7. The van der Waals surface area contributed by atoms with Gasteiger partial charge in [0.25, 0.3) is 0 Å². The third-order valence-electron chi connectivity index (χ3n) is 4.71. The number of carbonyl (C=O) groups excluding carboxylic acids is 1. The average molecular weight is 568 g/mol. The fourth-order valence-corrected chi connectivity index (χ4v) is 3.33. The Labute approximate surface area is 191 Å². The topological polar surface area (TPSA) is 60.0 Å². The van der Waals surface area contributed by atoms with E-state index in [9.17, 15) is 9.18 Å². The number of nitrogens with one attached hydrogen (secondary N) is 2. The molecule has 0 spiro atoms. The number of piperazine rings is 1. The molecule has 0 atom stereocenters. The number of carbonyl (C=O) groups is 1. The third-order valence-corrected chi connectivity index (χ3v) is 5.35. The zero-order valence-electron chi connectivity index (χ0n) is 16.1. The molecule has 2 N–H and O–H groups in total. The Kier molecular flexibility index (Phi) is 9.42. The summed E-state index contributed by atoms with van der Waals surface area (Å²) in [5, 5.41) is 6.24. The molecule has 6 nitrogen and oxygen atoms in total. The van der Waals surface area contributed by atoms with Crippen LogP contribution in [0.4, 0.5) is 4.39 Å². The van der Waals surface area contributed by atoms with E-state index in [1.54, 1.807) is 12.1 Å². The van der Waals surface area contributed by atoms with Crippen molar-refractivity contribution in [2.75, 3.05) is 39.3 Å². The maximum atomic E-state index is 13.7. The Morgan fingerprint density at radius 3 is 2.61 bits per heavy atom. The lowest BCUT2D eigenvalue weighted by molar-refractivity contribution is -0.119. The zero-order chi connectivity index (χ0) is 19.2. The fourth-order valence-electron chi connectivity index (χ4n) is 3.09. The molecule has 1 aromatic rings. The summed E-state index contributed by atoms with van der Waals surface area (Å²) in [5.41, 5.74) is 0.974. The summed E-state index contributed by atoms with van der Waals surface area (Å²) < 4.78 is 14.2. The molecule has 0 aromatic heterocycles. The van der Waals surface area contributed by atoms with Crippen LogP contribution < -0.4 is 10.6 Å². The molecule has 1 aliphatic heterocycles. The summed E-state index contributed by atoms with van der Waals surface area (Å²) in [5.74, 6) is 0.554. The van der Waals surface area contributed by atoms with Gasteiger partial charge in [0.1, 0.15) is 12.4 Å². The minimum atomic E-state index is -0.225. The van der Waals surface area contributed by atoms with E-state index in [4.69, 9.17) is 0 Å². The highest BCUT2D eigenvalue weighted by atomic mass is 127. The summed E-state index contributed by atoms with van der Waals surface area (Å²) in [6.45, 7) is 7.09. The van der Waals surface area contributed by atoms with Crippen LogP contribution in [0.5, 0.6) is 0 Å². The molecule has 1 heterocycles. The third kappa shape index (κ3) is 7.14. The van der Waals surface area contributed by atoms with Crippen LogP contribution in [0.15, 0.2) is 27.7 Å². The van der Waals surface area contributed by atoms with Gasteiger partial charge in [-0.1, -0.05) is 6.07 Å².